The lowest BCUT2D eigenvalue weighted by molar-refractivity contribution is 0.0444. The van der Waals surface area contributed by atoms with E-state index in [1.54, 1.807) is 0 Å². The van der Waals surface area contributed by atoms with E-state index in [-0.39, 0.29) is 0 Å². The number of hydrogen-bond acceptors (Lipinski definition) is 6. The second-order valence-electron chi connectivity index (χ2n) is 8.91. The number of aryl methyl sites for hydroxylation is 1. The van der Waals surface area contributed by atoms with Gasteiger partial charge in [-0.1, -0.05) is 32.0 Å². The third kappa shape index (κ3) is 5.70. The molecule has 2 aromatic rings. The predicted octanol–water partition coefficient (Wildman–Crippen LogP) is 3.40. The average Bonchev–Trinajstić information content (AvgIpc) is 3.22. The Morgan fingerprint density at radius 1 is 0.968 bits per heavy atom. The number of aliphatic hydroxyl groups is 1. The van der Waals surface area contributed by atoms with Crippen LogP contribution in [0.25, 0.3) is 0 Å². The summed E-state index contributed by atoms with van der Waals surface area (Å²) in [6, 6.07) is 12.5. The molecule has 1 unspecified atom stereocenters. The number of piperazine rings is 1. The summed E-state index contributed by atoms with van der Waals surface area (Å²) in [7, 11) is 0. The summed E-state index contributed by atoms with van der Waals surface area (Å²) < 4.78 is 16.8. The Kier molecular flexibility index (Phi) is 7.00. The minimum atomic E-state index is -0.498. The van der Waals surface area contributed by atoms with Gasteiger partial charge in [0.25, 0.3) is 0 Å². The number of aliphatic hydroxyl groups excluding tert-OH is 1. The lowest BCUT2D eigenvalue weighted by atomic mass is 10.0. The number of nitrogens with zero attached hydrogens (tertiary/aromatic N) is 2. The highest BCUT2D eigenvalue weighted by molar-refractivity contribution is 5.44. The van der Waals surface area contributed by atoms with Gasteiger partial charge < -0.3 is 19.3 Å². The Morgan fingerprint density at radius 3 is 2.48 bits per heavy atom. The summed E-state index contributed by atoms with van der Waals surface area (Å²) >= 11 is 0. The number of rotatable bonds is 8. The minimum Gasteiger partial charge on any atom is -0.491 e. The number of ether oxygens (including phenoxy) is 3. The third-order valence-electron chi connectivity index (χ3n) is 6.09. The first-order valence-corrected chi connectivity index (χ1v) is 11.2. The highest BCUT2D eigenvalue weighted by Gasteiger charge is 2.21. The topological polar surface area (TPSA) is 54.4 Å². The molecule has 0 amide bonds. The standard InChI is InChI=1S/C25H34N2O4/c1-18(2)21-6-4-19(3)24(13-21)29-16-22(28)15-27-10-8-26(9-11-27)14-20-5-7-23-25(12-20)31-17-30-23/h4-7,12-13,18,22,28H,8-11,14-17H2,1-3H3. The van der Waals surface area contributed by atoms with Gasteiger partial charge in [0.05, 0.1) is 0 Å². The fraction of sp³-hybridized carbons (Fsp3) is 0.520. The molecular weight excluding hydrogens is 392 g/mol. The lowest BCUT2D eigenvalue weighted by Gasteiger charge is -2.35. The van der Waals surface area contributed by atoms with Gasteiger partial charge in [0.2, 0.25) is 6.79 Å². The van der Waals surface area contributed by atoms with Gasteiger partial charge in [-0.3, -0.25) is 9.80 Å². The molecule has 2 heterocycles. The molecule has 0 aliphatic carbocycles. The number of β-amino-alcohol motifs (C(OH)–C–C–N with tert-alkyl or cyclic N) is 1. The van der Waals surface area contributed by atoms with Crippen LogP contribution in [-0.2, 0) is 6.54 Å². The van der Waals surface area contributed by atoms with Gasteiger partial charge in [0.15, 0.2) is 11.5 Å². The normalized spacial score (nSPS) is 17.8. The zero-order chi connectivity index (χ0) is 21.8. The van der Waals surface area contributed by atoms with Crippen LogP contribution in [0.2, 0.25) is 0 Å². The molecule has 2 aliphatic heterocycles. The van der Waals surface area contributed by atoms with Crippen LogP contribution in [-0.4, -0.2) is 67.1 Å². The molecule has 0 bridgehead atoms. The van der Waals surface area contributed by atoms with Crippen LogP contribution in [0.4, 0.5) is 0 Å². The summed E-state index contributed by atoms with van der Waals surface area (Å²) in [4.78, 5) is 4.76. The molecule has 6 nitrogen and oxygen atoms in total. The first-order valence-electron chi connectivity index (χ1n) is 11.2. The predicted molar refractivity (Wildman–Crippen MR) is 121 cm³/mol. The van der Waals surface area contributed by atoms with Crippen molar-refractivity contribution in [3.63, 3.8) is 0 Å². The number of hydrogen-bond donors (Lipinski definition) is 1. The van der Waals surface area contributed by atoms with Gasteiger partial charge >= 0.3 is 0 Å². The minimum absolute atomic E-state index is 0.312. The van der Waals surface area contributed by atoms with E-state index in [1.165, 1.54) is 11.1 Å². The molecule has 0 aromatic heterocycles. The molecule has 6 heteroatoms. The summed E-state index contributed by atoms with van der Waals surface area (Å²) in [6.07, 6.45) is -0.498. The van der Waals surface area contributed by atoms with Crippen LogP contribution in [0.3, 0.4) is 0 Å². The summed E-state index contributed by atoms with van der Waals surface area (Å²) in [5.74, 6) is 3.00. The van der Waals surface area contributed by atoms with Crippen molar-refractivity contribution in [2.75, 3.05) is 46.1 Å². The molecule has 0 saturated carbocycles. The molecule has 31 heavy (non-hydrogen) atoms. The molecule has 0 spiro atoms. The fourth-order valence-electron chi connectivity index (χ4n) is 4.10. The van der Waals surface area contributed by atoms with Crippen molar-refractivity contribution >= 4 is 0 Å². The van der Waals surface area contributed by atoms with E-state index in [9.17, 15) is 5.11 Å². The Balaban J connectivity index is 1.20. The van der Waals surface area contributed by atoms with Crippen LogP contribution < -0.4 is 14.2 Å². The molecule has 1 atom stereocenters. The molecular formula is C25H34N2O4. The largest absolute Gasteiger partial charge is 0.491 e. The van der Waals surface area contributed by atoms with Crippen LogP contribution in [0, 0.1) is 6.92 Å². The second-order valence-corrected chi connectivity index (χ2v) is 8.91. The quantitative estimate of drug-likeness (QED) is 0.698. The fourth-order valence-corrected chi connectivity index (χ4v) is 4.10. The number of benzene rings is 2. The van der Waals surface area contributed by atoms with E-state index in [0.717, 1.165) is 55.5 Å². The van der Waals surface area contributed by atoms with E-state index in [1.807, 2.05) is 13.0 Å². The van der Waals surface area contributed by atoms with Crippen molar-refractivity contribution < 1.29 is 19.3 Å². The second kappa shape index (κ2) is 9.90. The molecule has 1 fully saturated rings. The Morgan fingerprint density at radius 2 is 1.71 bits per heavy atom. The van der Waals surface area contributed by atoms with Crippen molar-refractivity contribution in [1.82, 2.24) is 9.80 Å². The van der Waals surface area contributed by atoms with Crippen LogP contribution in [0.1, 0.15) is 36.5 Å². The highest BCUT2D eigenvalue weighted by Crippen LogP contribution is 2.33. The highest BCUT2D eigenvalue weighted by atomic mass is 16.7. The van der Waals surface area contributed by atoms with Crippen molar-refractivity contribution in [1.29, 1.82) is 0 Å². The van der Waals surface area contributed by atoms with Crippen LogP contribution >= 0.6 is 0 Å². The van der Waals surface area contributed by atoms with Crippen molar-refractivity contribution in [2.45, 2.75) is 39.3 Å². The van der Waals surface area contributed by atoms with Crippen LogP contribution in [0.15, 0.2) is 36.4 Å². The maximum atomic E-state index is 10.5. The summed E-state index contributed by atoms with van der Waals surface area (Å²) in [6.45, 7) is 12.4. The molecule has 1 N–H and O–H groups in total. The van der Waals surface area contributed by atoms with Gasteiger partial charge in [0, 0.05) is 39.3 Å². The van der Waals surface area contributed by atoms with E-state index in [4.69, 9.17) is 14.2 Å². The summed E-state index contributed by atoms with van der Waals surface area (Å²) in [5.41, 5.74) is 3.60. The average molecular weight is 427 g/mol. The van der Waals surface area contributed by atoms with E-state index in [2.05, 4.69) is 54.0 Å². The van der Waals surface area contributed by atoms with Crippen molar-refractivity contribution in [3.8, 4) is 17.2 Å². The Hall–Kier alpha value is -2.28. The van der Waals surface area contributed by atoms with Gasteiger partial charge in [0.1, 0.15) is 18.5 Å². The van der Waals surface area contributed by atoms with Crippen molar-refractivity contribution in [2.24, 2.45) is 0 Å². The Bertz CT molecular complexity index is 878. The van der Waals surface area contributed by atoms with E-state index in [0.29, 0.717) is 25.9 Å². The Labute approximate surface area is 185 Å². The van der Waals surface area contributed by atoms with Crippen molar-refractivity contribution in [3.05, 3.63) is 53.1 Å². The molecule has 0 radical (unpaired) electrons. The van der Waals surface area contributed by atoms with Crippen LogP contribution in [0.5, 0.6) is 17.2 Å². The number of fused-ring (bicyclic) bond motifs is 1. The molecule has 2 aliphatic rings. The zero-order valence-corrected chi connectivity index (χ0v) is 18.8. The van der Waals surface area contributed by atoms with Gasteiger partial charge in [-0.15, -0.1) is 0 Å². The van der Waals surface area contributed by atoms with Gasteiger partial charge in [-0.05, 0) is 47.7 Å². The molecule has 168 valence electrons. The van der Waals surface area contributed by atoms with Gasteiger partial charge in [-0.2, -0.15) is 0 Å². The maximum absolute atomic E-state index is 10.5. The van der Waals surface area contributed by atoms with E-state index >= 15 is 0 Å². The maximum Gasteiger partial charge on any atom is 0.231 e. The molecule has 4 rings (SSSR count). The van der Waals surface area contributed by atoms with Gasteiger partial charge in [-0.25, -0.2) is 0 Å². The smallest absolute Gasteiger partial charge is 0.231 e. The monoisotopic (exact) mass is 426 g/mol. The molecule has 2 aromatic carbocycles. The van der Waals surface area contributed by atoms with E-state index < -0.39 is 6.10 Å². The lowest BCUT2D eigenvalue weighted by Crippen LogP contribution is -2.48. The first-order chi connectivity index (χ1) is 15.0. The summed E-state index contributed by atoms with van der Waals surface area (Å²) in [5, 5.41) is 10.5. The molecule has 1 saturated heterocycles. The third-order valence-corrected chi connectivity index (χ3v) is 6.09. The SMILES string of the molecule is Cc1ccc(C(C)C)cc1OCC(O)CN1CCN(Cc2ccc3c(c2)OCO3)CC1. The first kappa shape index (κ1) is 21.9. The zero-order valence-electron chi connectivity index (χ0n) is 18.8.